The van der Waals surface area contributed by atoms with Crippen molar-refractivity contribution in [2.24, 2.45) is 0 Å². The van der Waals surface area contributed by atoms with Crippen LogP contribution in [0.1, 0.15) is 26.7 Å². The highest BCUT2D eigenvalue weighted by Gasteiger charge is 2.29. The van der Waals surface area contributed by atoms with Crippen LogP contribution in [0.15, 0.2) is 24.3 Å². The summed E-state index contributed by atoms with van der Waals surface area (Å²) in [5.74, 6) is -0.0998. The number of piperidine rings is 1. The first-order valence-electron chi connectivity index (χ1n) is 6.20. The molecule has 1 aliphatic rings. The molecule has 4 nitrogen and oxygen atoms in total. The summed E-state index contributed by atoms with van der Waals surface area (Å²) in [7, 11) is 0. The van der Waals surface area contributed by atoms with Gasteiger partial charge in [0.1, 0.15) is 5.75 Å². The summed E-state index contributed by atoms with van der Waals surface area (Å²) >= 11 is 0. The van der Waals surface area contributed by atoms with Crippen molar-refractivity contribution < 1.29 is 14.3 Å². The fourth-order valence-corrected chi connectivity index (χ4v) is 2.02. The largest absolute Gasteiger partial charge is 0.489 e. The lowest BCUT2D eigenvalue weighted by Gasteiger charge is -2.27. The Balaban J connectivity index is 2.32. The van der Waals surface area contributed by atoms with Crippen LogP contribution in [-0.4, -0.2) is 24.3 Å². The van der Waals surface area contributed by atoms with Crippen molar-refractivity contribution in [3.05, 3.63) is 24.3 Å². The molecule has 0 N–H and O–H groups in total. The van der Waals surface area contributed by atoms with Crippen molar-refractivity contribution in [2.75, 3.05) is 11.4 Å². The minimum Gasteiger partial charge on any atom is -0.489 e. The number of hydrogen-bond acceptors (Lipinski definition) is 3. The highest BCUT2D eigenvalue weighted by atomic mass is 16.5. The van der Waals surface area contributed by atoms with Gasteiger partial charge in [-0.1, -0.05) is 12.1 Å². The molecule has 0 bridgehead atoms. The molecule has 0 aromatic heterocycles. The topological polar surface area (TPSA) is 46.6 Å². The SMILES string of the molecule is CC(C)Oc1ccccc1N1CCCC(=O)C1=O. The Hall–Kier alpha value is -1.84. The maximum Gasteiger partial charge on any atom is 0.294 e. The van der Waals surface area contributed by atoms with E-state index in [0.717, 1.165) is 0 Å². The Kier molecular flexibility index (Phi) is 3.65. The Morgan fingerprint density at radius 1 is 1.22 bits per heavy atom. The predicted octanol–water partition coefficient (Wildman–Crippen LogP) is 2.17. The first-order chi connectivity index (χ1) is 8.59. The quantitative estimate of drug-likeness (QED) is 0.769. The molecule has 1 amide bonds. The summed E-state index contributed by atoms with van der Waals surface area (Å²) in [6.45, 7) is 4.43. The Morgan fingerprint density at radius 3 is 2.67 bits per heavy atom. The molecule has 1 fully saturated rings. The minimum atomic E-state index is -0.430. The van der Waals surface area contributed by atoms with Gasteiger partial charge in [0.25, 0.3) is 5.91 Å². The van der Waals surface area contributed by atoms with E-state index in [-0.39, 0.29) is 11.9 Å². The molecule has 1 heterocycles. The van der Waals surface area contributed by atoms with Crippen LogP contribution in [0.5, 0.6) is 5.75 Å². The van der Waals surface area contributed by atoms with E-state index in [4.69, 9.17) is 4.74 Å². The number of ether oxygens (including phenoxy) is 1. The monoisotopic (exact) mass is 247 g/mol. The van der Waals surface area contributed by atoms with Crippen LogP contribution in [-0.2, 0) is 9.59 Å². The Labute approximate surface area is 107 Å². The number of amides is 1. The maximum atomic E-state index is 11.9. The molecule has 4 heteroatoms. The molecule has 0 spiro atoms. The van der Waals surface area contributed by atoms with Crippen molar-refractivity contribution in [3.8, 4) is 5.75 Å². The number of anilines is 1. The van der Waals surface area contributed by atoms with Crippen LogP contribution in [0.25, 0.3) is 0 Å². The zero-order valence-electron chi connectivity index (χ0n) is 10.7. The molecule has 0 aliphatic carbocycles. The van der Waals surface area contributed by atoms with E-state index in [1.54, 1.807) is 0 Å². The summed E-state index contributed by atoms with van der Waals surface area (Å²) in [6, 6.07) is 7.34. The second-order valence-corrected chi connectivity index (χ2v) is 4.62. The van der Waals surface area contributed by atoms with E-state index in [1.807, 2.05) is 38.1 Å². The van der Waals surface area contributed by atoms with E-state index in [1.165, 1.54) is 4.90 Å². The maximum absolute atomic E-state index is 11.9. The molecule has 1 saturated heterocycles. The smallest absolute Gasteiger partial charge is 0.294 e. The third-order valence-corrected chi connectivity index (χ3v) is 2.79. The second-order valence-electron chi connectivity index (χ2n) is 4.62. The fourth-order valence-electron chi connectivity index (χ4n) is 2.02. The van der Waals surface area contributed by atoms with Gasteiger partial charge in [0.05, 0.1) is 11.8 Å². The fraction of sp³-hybridized carbons (Fsp3) is 0.429. The summed E-state index contributed by atoms with van der Waals surface area (Å²) in [5.41, 5.74) is 0.684. The number of nitrogens with zero attached hydrogens (tertiary/aromatic N) is 1. The normalized spacial score (nSPS) is 16.3. The van der Waals surface area contributed by atoms with Gasteiger partial charge in [-0.15, -0.1) is 0 Å². The summed E-state index contributed by atoms with van der Waals surface area (Å²) in [5, 5.41) is 0. The van der Waals surface area contributed by atoms with Gasteiger partial charge < -0.3 is 9.64 Å². The Morgan fingerprint density at radius 2 is 1.94 bits per heavy atom. The molecule has 0 unspecified atom stereocenters. The van der Waals surface area contributed by atoms with Crippen molar-refractivity contribution >= 4 is 17.4 Å². The van der Waals surface area contributed by atoms with Gasteiger partial charge in [0.2, 0.25) is 5.78 Å². The molecule has 0 radical (unpaired) electrons. The van der Waals surface area contributed by atoms with E-state index in [0.29, 0.717) is 30.8 Å². The number of benzene rings is 1. The number of rotatable bonds is 3. The van der Waals surface area contributed by atoms with Crippen LogP contribution in [0, 0.1) is 0 Å². The average Bonchev–Trinajstić information content (AvgIpc) is 2.33. The average molecular weight is 247 g/mol. The van der Waals surface area contributed by atoms with Gasteiger partial charge in [-0.25, -0.2) is 0 Å². The predicted molar refractivity (Wildman–Crippen MR) is 68.8 cm³/mol. The van der Waals surface area contributed by atoms with E-state index in [2.05, 4.69) is 0 Å². The van der Waals surface area contributed by atoms with Crippen molar-refractivity contribution in [1.82, 2.24) is 0 Å². The van der Waals surface area contributed by atoms with Crippen molar-refractivity contribution in [2.45, 2.75) is 32.8 Å². The standard InChI is InChI=1S/C14H17NO3/c1-10(2)18-13-8-4-3-6-11(13)15-9-5-7-12(16)14(15)17/h3-4,6,8,10H,5,7,9H2,1-2H3. The van der Waals surface area contributed by atoms with Crippen LogP contribution < -0.4 is 9.64 Å². The molecule has 1 aliphatic heterocycles. The van der Waals surface area contributed by atoms with Crippen LogP contribution in [0.3, 0.4) is 0 Å². The molecule has 96 valence electrons. The van der Waals surface area contributed by atoms with Gasteiger partial charge in [0, 0.05) is 13.0 Å². The van der Waals surface area contributed by atoms with Gasteiger partial charge in [-0.05, 0) is 32.4 Å². The van der Waals surface area contributed by atoms with Crippen LogP contribution in [0.2, 0.25) is 0 Å². The number of ketones is 1. The summed E-state index contributed by atoms with van der Waals surface area (Å²) in [6.07, 6.45) is 1.09. The molecule has 18 heavy (non-hydrogen) atoms. The molecular formula is C14H17NO3. The van der Waals surface area contributed by atoms with Gasteiger partial charge in [0.15, 0.2) is 0 Å². The molecule has 2 rings (SSSR count). The molecule has 1 aromatic carbocycles. The van der Waals surface area contributed by atoms with E-state index in [9.17, 15) is 9.59 Å². The van der Waals surface area contributed by atoms with Gasteiger partial charge in [-0.2, -0.15) is 0 Å². The van der Waals surface area contributed by atoms with Crippen LogP contribution >= 0.6 is 0 Å². The first-order valence-corrected chi connectivity index (χ1v) is 6.20. The number of carbonyl (C=O) groups is 2. The lowest BCUT2D eigenvalue weighted by Crippen LogP contribution is -2.41. The van der Waals surface area contributed by atoms with Crippen molar-refractivity contribution in [3.63, 3.8) is 0 Å². The van der Waals surface area contributed by atoms with Crippen LogP contribution in [0.4, 0.5) is 5.69 Å². The highest BCUT2D eigenvalue weighted by molar-refractivity contribution is 6.42. The van der Waals surface area contributed by atoms with E-state index >= 15 is 0 Å². The molecular weight excluding hydrogens is 230 g/mol. The van der Waals surface area contributed by atoms with Gasteiger partial charge in [-0.3, -0.25) is 9.59 Å². The van der Waals surface area contributed by atoms with Gasteiger partial charge >= 0.3 is 0 Å². The summed E-state index contributed by atoms with van der Waals surface area (Å²) < 4.78 is 5.68. The lowest BCUT2D eigenvalue weighted by molar-refractivity contribution is -0.137. The third-order valence-electron chi connectivity index (χ3n) is 2.79. The number of carbonyl (C=O) groups excluding carboxylic acids is 2. The number of para-hydroxylation sites is 2. The summed E-state index contributed by atoms with van der Waals surface area (Å²) in [4.78, 5) is 24.9. The third kappa shape index (κ3) is 2.53. The Bertz CT molecular complexity index is 468. The zero-order valence-corrected chi connectivity index (χ0v) is 10.7. The van der Waals surface area contributed by atoms with Crippen molar-refractivity contribution in [1.29, 1.82) is 0 Å². The molecule has 1 aromatic rings. The molecule has 0 saturated carbocycles. The molecule has 0 atom stereocenters. The first kappa shape index (κ1) is 12.6. The number of hydrogen-bond donors (Lipinski definition) is 0. The second kappa shape index (κ2) is 5.21. The van der Waals surface area contributed by atoms with E-state index < -0.39 is 5.91 Å². The zero-order chi connectivity index (χ0) is 13.1. The minimum absolute atomic E-state index is 0.0294. The highest BCUT2D eigenvalue weighted by Crippen LogP contribution is 2.30. The lowest BCUT2D eigenvalue weighted by atomic mass is 10.1. The number of Topliss-reactive ketones (excluding diaryl/α,β-unsaturated/α-hetero) is 1.